The summed E-state index contributed by atoms with van der Waals surface area (Å²) in [6, 6.07) is 10.0. The van der Waals surface area contributed by atoms with Gasteiger partial charge in [-0.3, -0.25) is 4.79 Å². The van der Waals surface area contributed by atoms with Gasteiger partial charge in [-0.2, -0.15) is 0 Å². The smallest absolute Gasteiger partial charge is 0.238 e. The largest absolute Gasteiger partial charge is 0.360 e. The molecular weight excluding hydrogens is 374 g/mol. The maximum Gasteiger partial charge on any atom is 0.238 e. The molecule has 0 aliphatic carbocycles. The van der Waals surface area contributed by atoms with Crippen LogP contribution < -0.4 is 5.32 Å². The summed E-state index contributed by atoms with van der Waals surface area (Å²) in [5, 5.41) is 15.4. The average Bonchev–Trinajstić information content (AvgIpc) is 3.20. The summed E-state index contributed by atoms with van der Waals surface area (Å²) in [6.45, 7) is 10.2. The zero-order chi connectivity index (χ0) is 20.5. The number of aromatic nitrogens is 4. The minimum absolute atomic E-state index is 0.102. The molecule has 1 N–H and O–H groups in total. The highest BCUT2D eigenvalue weighted by Gasteiger charge is 2.21. The second-order valence-electron chi connectivity index (χ2n) is 7.76. The number of benzene rings is 1. The van der Waals surface area contributed by atoms with E-state index in [-0.39, 0.29) is 16.6 Å². The predicted molar refractivity (Wildman–Crippen MR) is 110 cm³/mol. The molecule has 2 aromatic heterocycles. The molecule has 1 amide bonds. The molecule has 1 aromatic carbocycles. The van der Waals surface area contributed by atoms with Crippen LogP contribution in [0.15, 0.2) is 40.0 Å². The molecule has 0 aliphatic rings. The molecular formula is C20H25N5O2S. The van der Waals surface area contributed by atoms with E-state index in [1.54, 1.807) is 13.0 Å². The van der Waals surface area contributed by atoms with E-state index in [9.17, 15) is 4.79 Å². The molecule has 0 radical (unpaired) electrons. The topological polar surface area (TPSA) is 85.8 Å². The van der Waals surface area contributed by atoms with E-state index >= 15 is 0 Å². The molecule has 1 atom stereocenters. The van der Waals surface area contributed by atoms with Crippen molar-refractivity contribution >= 4 is 23.5 Å². The van der Waals surface area contributed by atoms with Gasteiger partial charge < -0.3 is 14.4 Å². The van der Waals surface area contributed by atoms with Gasteiger partial charge in [0, 0.05) is 18.7 Å². The first-order chi connectivity index (χ1) is 13.1. The number of hydrogen-bond donors (Lipinski definition) is 1. The van der Waals surface area contributed by atoms with Crippen LogP contribution in [-0.2, 0) is 17.3 Å². The maximum absolute atomic E-state index is 12.4. The molecule has 0 fully saturated rings. The number of anilines is 1. The number of carbonyl (C=O) groups excluding carboxylic acids is 1. The highest BCUT2D eigenvalue weighted by Crippen LogP contribution is 2.28. The summed E-state index contributed by atoms with van der Waals surface area (Å²) in [6.07, 6.45) is 0. The van der Waals surface area contributed by atoms with E-state index in [0.29, 0.717) is 16.7 Å². The summed E-state index contributed by atoms with van der Waals surface area (Å²) in [5.41, 5.74) is 2.36. The van der Waals surface area contributed by atoms with Crippen LogP contribution in [-0.4, -0.2) is 31.1 Å². The van der Waals surface area contributed by atoms with Crippen molar-refractivity contribution in [2.75, 3.05) is 5.32 Å². The van der Waals surface area contributed by atoms with Gasteiger partial charge >= 0.3 is 0 Å². The number of hydrogen-bond acceptors (Lipinski definition) is 6. The number of nitrogens with zero attached hydrogens (tertiary/aromatic N) is 4. The molecule has 0 unspecified atom stereocenters. The van der Waals surface area contributed by atoms with Crippen molar-refractivity contribution in [1.82, 2.24) is 19.9 Å². The van der Waals surface area contributed by atoms with Crippen molar-refractivity contribution < 1.29 is 9.32 Å². The van der Waals surface area contributed by atoms with Gasteiger partial charge in [0.1, 0.15) is 5.76 Å². The van der Waals surface area contributed by atoms with Crippen molar-refractivity contribution in [2.24, 2.45) is 7.05 Å². The number of rotatable bonds is 5. The van der Waals surface area contributed by atoms with E-state index in [0.717, 1.165) is 11.4 Å². The molecule has 28 heavy (non-hydrogen) atoms. The Hall–Kier alpha value is -2.61. The molecule has 0 spiro atoms. The molecule has 3 aromatic rings. The zero-order valence-electron chi connectivity index (χ0n) is 17.0. The highest BCUT2D eigenvalue weighted by atomic mass is 32.2. The lowest BCUT2D eigenvalue weighted by atomic mass is 9.87. The Bertz CT molecular complexity index is 969. The second-order valence-corrected chi connectivity index (χ2v) is 9.07. The third-order valence-electron chi connectivity index (χ3n) is 4.37. The van der Waals surface area contributed by atoms with Crippen LogP contribution in [0.1, 0.15) is 39.0 Å². The normalized spacial score (nSPS) is 12.8. The van der Waals surface area contributed by atoms with Crippen molar-refractivity contribution in [3.05, 3.63) is 41.7 Å². The second kappa shape index (κ2) is 7.79. The lowest BCUT2D eigenvalue weighted by Gasteiger charge is -2.19. The fraction of sp³-hybridized carbons (Fsp3) is 0.400. The third kappa shape index (κ3) is 4.44. The van der Waals surface area contributed by atoms with Gasteiger partial charge in [-0.25, -0.2) is 0 Å². The van der Waals surface area contributed by atoms with Gasteiger partial charge in [0.15, 0.2) is 16.8 Å². The minimum atomic E-state index is -0.365. The SMILES string of the molecule is Cc1cc(NC(=O)[C@@H](C)Sc2nnc(-c3ccc(C(C)(C)C)cc3)n2C)no1. The van der Waals surface area contributed by atoms with Crippen LogP contribution in [0, 0.1) is 6.92 Å². The van der Waals surface area contributed by atoms with Crippen LogP contribution in [0.25, 0.3) is 11.4 Å². The number of aryl methyl sites for hydroxylation is 1. The van der Waals surface area contributed by atoms with Crippen molar-refractivity contribution in [3.63, 3.8) is 0 Å². The standard InChI is InChI=1S/C20H25N5O2S/c1-12-11-16(24-27-12)21-18(26)13(2)28-19-23-22-17(25(19)6)14-7-9-15(10-8-14)20(3,4)5/h7-11,13H,1-6H3,(H,21,24,26)/t13-/m1/s1. The zero-order valence-corrected chi connectivity index (χ0v) is 17.8. The quantitative estimate of drug-likeness (QED) is 0.647. The van der Waals surface area contributed by atoms with Gasteiger partial charge in [-0.15, -0.1) is 10.2 Å². The summed E-state index contributed by atoms with van der Waals surface area (Å²) in [5.74, 6) is 1.65. The van der Waals surface area contributed by atoms with Gasteiger partial charge in [0.25, 0.3) is 0 Å². The number of carbonyl (C=O) groups is 1. The monoisotopic (exact) mass is 399 g/mol. The van der Waals surface area contributed by atoms with Gasteiger partial charge in [0.05, 0.1) is 5.25 Å². The average molecular weight is 400 g/mol. The minimum Gasteiger partial charge on any atom is -0.360 e. The molecule has 0 bridgehead atoms. The van der Waals surface area contributed by atoms with E-state index in [1.165, 1.54) is 17.3 Å². The van der Waals surface area contributed by atoms with E-state index < -0.39 is 0 Å². The van der Waals surface area contributed by atoms with E-state index in [1.807, 2.05) is 18.5 Å². The molecule has 2 heterocycles. The summed E-state index contributed by atoms with van der Waals surface area (Å²) >= 11 is 1.35. The number of amides is 1. The Morgan fingerprint density at radius 2 is 1.89 bits per heavy atom. The summed E-state index contributed by atoms with van der Waals surface area (Å²) in [4.78, 5) is 12.4. The molecule has 148 valence electrons. The van der Waals surface area contributed by atoms with Gasteiger partial charge in [-0.1, -0.05) is 62.0 Å². The predicted octanol–water partition coefficient (Wildman–Crippen LogP) is 4.20. The van der Waals surface area contributed by atoms with Crippen LogP contribution in [0.2, 0.25) is 0 Å². The van der Waals surface area contributed by atoms with E-state index in [2.05, 4.69) is 65.7 Å². The first-order valence-electron chi connectivity index (χ1n) is 9.06. The number of nitrogens with one attached hydrogen (secondary N) is 1. The first-order valence-corrected chi connectivity index (χ1v) is 9.94. The fourth-order valence-corrected chi connectivity index (χ4v) is 3.47. The van der Waals surface area contributed by atoms with E-state index in [4.69, 9.17) is 4.52 Å². The van der Waals surface area contributed by atoms with Crippen LogP contribution in [0.4, 0.5) is 5.82 Å². The Morgan fingerprint density at radius 1 is 1.21 bits per heavy atom. The summed E-state index contributed by atoms with van der Waals surface area (Å²) < 4.78 is 6.87. The third-order valence-corrected chi connectivity index (χ3v) is 5.51. The van der Waals surface area contributed by atoms with Crippen LogP contribution >= 0.6 is 11.8 Å². The van der Waals surface area contributed by atoms with Crippen molar-refractivity contribution in [3.8, 4) is 11.4 Å². The molecule has 7 nitrogen and oxygen atoms in total. The Morgan fingerprint density at radius 3 is 2.46 bits per heavy atom. The van der Waals surface area contributed by atoms with Gasteiger partial charge in [0.2, 0.25) is 5.91 Å². The Kier molecular flexibility index (Phi) is 5.60. The molecule has 3 rings (SSSR count). The van der Waals surface area contributed by atoms with Gasteiger partial charge in [-0.05, 0) is 24.8 Å². The maximum atomic E-state index is 12.4. The highest BCUT2D eigenvalue weighted by molar-refractivity contribution is 8.00. The lowest BCUT2D eigenvalue weighted by Crippen LogP contribution is -2.23. The molecule has 0 saturated carbocycles. The fourth-order valence-electron chi connectivity index (χ4n) is 2.65. The molecule has 0 aliphatic heterocycles. The first kappa shape index (κ1) is 20.1. The number of thioether (sulfide) groups is 1. The van der Waals surface area contributed by atoms with Crippen molar-refractivity contribution in [2.45, 2.75) is 50.4 Å². The summed E-state index contributed by atoms with van der Waals surface area (Å²) in [7, 11) is 1.90. The molecule has 8 heteroatoms. The molecule has 0 saturated heterocycles. The Balaban J connectivity index is 1.71. The lowest BCUT2D eigenvalue weighted by molar-refractivity contribution is -0.115. The van der Waals surface area contributed by atoms with Crippen molar-refractivity contribution in [1.29, 1.82) is 0 Å². The van der Waals surface area contributed by atoms with Crippen LogP contribution in [0.5, 0.6) is 0 Å². The Labute approximate surface area is 168 Å². The van der Waals surface area contributed by atoms with Crippen LogP contribution in [0.3, 0.4) is 0 Å².